The predicted molar refractivity (Wildman–Crippen MR) is 115 cm³/mol. The van der Waals surface area contributed by atoms with Crippen molar-refractivity contribution >= 4 is 5.82 Å². The first-order valence-corrected chi connectivity index (χ1v) is 9.27. The van der Waals surface area contributed by atoms with E-state index in [4.69, 9.17) is 5.73 Å². The zero-order valence-corrected chi connectivity index (χ0v) is 15.8. The lowest BCUT2D eigenvalue weighted by Gasteiger charge is -2.14. The zero-order valence-electron chi connectivity index (χ0n) is 15.8. The summed E-state index contributed by atoms with van der Waals surface area (Å²) in [4.78, 5) is 0. The van der Waals surface area contributed by atoms with E-state index in [2.05, 4.69) is 54.0 Å². The number of aromatic nitrogens is 1. The van der Waals surface area contributed by atoms with Crippen molar-refractivity contribution in [2.24, 2.45) is 0 Å². The van der Waals surface area contributed by atoms with Gasteiger partial charge in [0.25, 0.3) is 0 Å². The van der Waals surface area contributed by atoms with Crippen molar-refractivity contribution in [3.05, 3.63) is 102 Å². The maximum atomic E-state index is 9.90. The van der Waals surface area contributed by atoms with E-state index in [0.717, 1.165) is 27.9 Å². The highest BCUT2D eigenvalue weighted by Gasteiger charge is 2.23. The highest BCUT2D eigenvalue weighted by Crippen LogP contribution is 2.40. The van der Waals surface area contributed by atoms with Gasteiger partial charge in [-0.1, -0.05) is 90.5 Å². The molecule has 0 radical (unpaired) electrons. The molecule has 1 aromatic heterocycles. The van der Waals surface area contributed by atoms with E-state index in [0.29, 0.717) is 17.9 Å². The van der Waals surface area contributed by atoms with Gasteiger partial charge in [0.15, 0.2) is 0 Å². The van der Waals surface area contributed by atoms with E-state index in [-0.39, 0.29) is 0 Å². The Kier molecular flexibility index (Phi) is 4.70. The van der Waals surface area contributed by atoms with Crippen molar-refractivity contribution in [3.63, 3.8) is 0 Å². The molecular weight excluding hydrogens is 342 g/mol. The van der Waals surface area contributed by atoms with Crippen LogP contribution in [-0.2, 0) is 6.54 Å². The molecular formula is C25H21N3. The summed E-state index contributed by atoms with van der Waals surface area (Å²) in [6, 6.07) is 30.9. The Hall–Kier alpha value is -3.77. The first-order valence-electron chi connectivity index (χ1n) is 9.27. The fraction of sp³-hybridized carbons (Fsp3) is 0.0800. The van der Waals surface area contributed by atoms with Crippen LogP contribution in [0.4, 0.5) is 5.82 Å². The second kappa shape index (κ2) is 7.46. The molecule has 0 fully saturated rings. The number of anilines is 1. The molecule has 0 amide bonds. The van der Waals surface area contributed by atoms with Crippen LogP contribution in [0.3, 0.4) is 0 Å². The Bertz CT molecular complexity index is 1130. The van der Waals surface area contributed by atoms with Gasteiger partial charge in [0.2, 0.25) is 0 Å². The number of nitriles is 1. The monoisotopic (exact) mass is 363 g/mol. The molecule has 4 rings (SSSR count). The normalized spacial score (nSPS) is 10.6. The van der Waals surface area contributed by atoms with Gasteiger partial charge >= 0.3 is 0 Å². The van der Waals surface area contributed by atoms with Gasteiger partial charge in [0.1, 0.15) is 17.5 Å². The Morgan fingerprint density at radius 3 is 1.96 bits per heavy atom. The van der Waals surface area contributed by atoms with Gasteiger partial charge in [-0.15, -0.1) is 0 Å². The molecule has 0 unspecified atom stereocenters. The van der Waals surface area contributed by atoms with Gasteiger partial charge in [-0.2, -0.15) is 5.26 Å². The lowest BCUT2D eigenvalue weighted by atomic mass is 9.98. The van der Waals surface area contributed by atoms with Gasteiger partial charge in [-0.3, -0.25) is 0 Å². The minimum Gasteiger partial charge on any atom is -0.384 e. The summed E-state index contributed by atoms with van der Waals surface area (Å²) in [7, 11) is 0. The second-order valence-electron chi connectivity index (χ2n) is 6.90. The molecule has 0 saturated carbocycles. The van der Waals surface area contributed by atoms with Crippen LogP contribution in [0, 0.1) is 18.3 Å². The summed E-state index contributed by atoms with van der Waals surface area (Å²) >= 11 is 0. The number of rotatable bonds is 4. The Morgan fingerprint density at radius 1 is 0.821 bits per heavy atom. The highest BCUT2D eigenvalue weighted by molar-refractivity contribution is 5.90. The van der Waals surface area contributed by atoms with Crippen molar-refractivity contribution in [1.82, 2.24) is 4.57 Å². The summed E-state index contributed by atoms with van der Waals surface area (Å²) in [5.41, 5.74) is 13.3. The van der Waals surface area contributed by atoms with Gasteiger partial charge in [0.05, 0.1) is 5.69 Å². The number of nitrogen functional groups attached to an aromatic ring is 1. The minimum absolute atomic E-state index is 0.501. The van der Waals surface area contributed by atoms with Crippen molar-refractivity contribution in [1.29, 1.82) is 5.26 Å². The number of nitrogens with two attached hydrogens (primary N) is 1. The predicted octanol–water partition coefficient (Wildman–Crippen LogP) is 5.63. The van der Waals surface area contributed by atoms with Crippen LogP contribution in [0.25, 0.3) is 22.4 Å². The minimum atomic E-state index is 0.501. The average Bonchev–Trinajstić information content (AvgIpc) is 3.02. The molecule has 3 aromatic carbocycles. The van der Waals surface area contributed by atoms with Crippen LogP contribution in [-0.4, -0.2) is 4.57 Å². The Labute approximate surface area is 165 Å². The van der Waals surface area contributed by atoms with Gasteiger partial charge in [0, 0.05) is 12.1 Å². The summed E-state index contributed by atoms with van der Waals surface area (Å²) in [5.74, 6) is 0.501. The molecule has 0 spiro atoms. The van der Waals surface area contributed by atoms with Crippen LogP contribution in [0.15, 0.2) is 84.9 Å². The molecule has 136 valence electrons. The molecule has 4 aromatic rings. The quantitative estimate of drug-likeness (QED) is 0.511. The van der Waals surface area contributed by atoms with Crippen molar-refractivity contribution in [2.75, 3.05) is 5.73 Å². The van der Waals surface area contributed by atoms with Crippen molar-refractivity contribution in [2.45, 2.75) is 13.5 Å². The maximum Gasteiger partial charge on any atom is 0.123 e. The molecule has 2 N–H and O–H groups in total. The number of hydrogen-bond donors (Lipinski definition) is 1. The van der Waals surface area contributed by atoms with E-state index in [1.807, 2.05) is 48.5 Å². The number of aryl methyl sites for hydroxylation is 1. The van der Waals surface area contributed by atoms with Crippen LogP contribution >= 0.6 is 0 Å². The molecule has 3 nitrogen and oxygen atoms in total. The van der Waals surface area contributed by atoms with E-state index in [9.17, 15) is 5.26 Å². The fourth-order valence-electron chi connectivity index (χ4n) is 3.57. The topological polar surface area (TPSA) is 54.7 Å². The molecule has 0 aliphatic heterocycles. The maximum absolute atomic E-state index is 9.90. The largest absolute Gasteiger partial charge is 0.384 e. The summed E-state index contributed by atoms with van der Waals surface area (Å²) in [5, 5.41) is 9.90. The van der Waals surface area contributed by atoms with Crippen LogP contribution < -0.4 is 5.73 Å². The standard InChI is InChI=1S/C25H21N3/c1-18-12-14-19(15-13-18)17-28-24(21-10-6-3-7-11-21)23(22(16-26)25(28)27)20-8-4-2-5-9-20/h2-15H,17,27H2,1H3. The summed E-state index contributed by atoms with van der Waals surface area (Å²) < 4.78 is 2.06. The zero-order chi connectivity index (χ0) is 19.5. The smallest absolute Gasteiger partial charge is 0.123 e. The highest BCUT2D eigenvalue weighted by atomic mass is 15.1. The molecule has 0 saturated heterocycles. The third kappa shape index (κ3) is 3.17. The Balaban J connectivity index is 1.99. The average molecular weight is 363 g/mol. The van der Waals surface area contributed by atoms with Crippen molar-refractivity contribution in [3.8, 4) is 28.5 Å². The molecule has 0 aliphatic rings. The van der Waals surface area contributed by atoms with Gasteiger partial charge in [-0.05, 0) is 23.6 Å². The van der Waals surface area contributed by atoms with E-state index >= 15 is 0 Å². The summed E-state index contributed by atoms with van der Waals surface area (Å²) in [6.07, 6.45) is 0. The lowest BCUT2D eigenvalue weighted by molar-refractivity contribution is 0.825. The molecule has 1 heterocycles. The molecule has 0 aliphatic carbocycles. The SMILES string of the molecule is Cc1ccc(Cn2c(N)c(C#N)c(-c3ccccc3)c2-c2ccccc2)cc1. The third-order valence-corrected chi connectivity index (χ3v) is 4.99. The van der Waals surface area contributed by atoms with E-state index < -0.39 is 0 Å². The second-order valence-corrected chi connectivity index (χ2v) is 6.90. The Morgan fingerprint density at radius 2 is 1.39 bits per heavy atom. The number of nitrogens with zero attached hydrogens (tertiary/aromatic N) is 2. The molecule has 0 atom stereocenters. The van der Waals surface area contributed by atoms with Gasteiger partial charge < -0.3 is 10.3 Å². The van der Waals surface area contributed by atoms with Gasteiger partial charge in [-0.25, -0.2) is 0 Å². The van der Waals surface area contributed by atoms with Crippen LogP contribution in [0.2, 0.25) is 0 Å². The summed E-state index contributed by atoms with van der Waals surface area (Å²) in [6.45, 7) is 2.68. The molecule has 0 bridgehead atoms. The van der Waals surface area contributed by atoms with Crippen LogP contribution in [0.5, 0.6) is 0 Å². The van der Waals surface area contributed by atoms with E-state index in [1.165, 1.54) is 5.56 Å². The first kappa shape index (κ1) is 17.6. The lowest BCUT2D eigenvalue weighted by Crippen LogP contribution is -2.06. The fourth-order valence-corrected chi connectivity index (χ4v) is 3.57. The van der Waals surface area contributed by atoms with E-state index in [1.54, 1.807) is 0 Å². The molecule has 3 heteroatoms. The third-order valence-electron chi connectivity index (χ3n) is 4.99. The molecule has 28 heavy (non-hydrogen) atoms. The van der Waals surface area contributed by atoms with Crippen LogP contribution in [0.1, 0.15) is 16.7 Å². The number of benzene rings is 3. The first-order chi connectivity index (χ1) is 13.7. The van der Waals surface area contributed by atoms with Crippen molar-refractivity contribution < 1.29 is 0 Å². The number of hydrogen-bond acceptors (Lipinski definition) is 2.